The van der Waals surface area contributed by atoms with Gasteiger partial charge in [-0.3, -0.25) is 4.79 Å². The van der Waals surface area contributed by atoms with E-state index in [4.69, 9.17) is 11.6 Å². The van der Waals surface area contributed by atoms with Gasteiger partial charge >= 0.3 is 0 Å². The van der Waals surface area contributed by atoms with Gasteiger partial charge in [0.2, 0.25) is 0 Å². The van der Waals surface area contributed by atoms with Crippen LogP contribution in [0.25, 0.3) is 0 Å². The number of thioether (sulfide) groups is 1. The van der Waals surface area contributed by atoms with Crippen molar-refractivity contribution in [1.82, 2.24) is 0 Å². The summed E-state index contributed by atoms with van der Waals surface area (Å²) in [6, 6.07) is 10.8. The highest BCUT2D eigenvalue weighted by atomic mass is 35.5. The molecule has 0 bridgehead atoms. The Morgan fingerprint density at radius 2 is 2.04 bits per heavy atom. The second-order valence-corrected chi connectivity index (χ2v) is 11.0. The number of nitrogens with zero attached hydrogens (tertiary/aromatic N) is 2. The minimum Gasteiger partial charge on any atom is -0.314 e. The Morgan fingerprint density at radius 3 is 2.77 bits per heavy atom. The number of carbonyl (C=O) groups is 1. The molecule has 0 spiro atoms. The Kier molecular flexibility index (Phi) is 4.85. The van der Waals surface area contributed by atoms with E-state index < -0.39 is 9.84 Å². The lowest BCUT2D eigenvalue weighted by Gasteiger charge is -2.25. The summed E-state index contributed by atoms with van der Waals surface area (Å²) in [6.45, 7) is 0. The lowest BCUT2D eigenvalue weighted by molar-refractivity contribution is -0.117. The molecule has 0 saturated carbocycles. The van der Waals surface area contributed by atoms with E-state index in [-0.39, 0.29) is 35.1 Å². The third-order valence-electron chi connectivity index (χ3n) is 4.30. The quantitative estimate of drug-likeness (QED) is 0.753. The Labute approximate surface area is 165 Å². The standard InChI is InChI=1S/C17H15ClN2O3S3/c18-12-5-1-2-6-13(12)20-14-9-26(22,23)10-15(14)25-17(20)19-16(21)8-11-4-3-7-24-11/h1-7,14-15H,8-10H2/t14-,15-/m1/s1. The molecule has 136 valence electrons. The van der Waals surface area contributed by atoms with Crippen molar-refractivity contribution in [2.24, 2.45) is 4.99 Å². The summed E-state index contributed by atoms with van der Waals surface area (Å²) in [5.41, 5.74) is 0.689. The van der Waals surface area contributed by atoms with E-state index in [9.17, 15) is 13.2 Å². The van der Waals surface area contributed by atoms with E-state index in [2.05, 4.69) is 4.99 Å². The molecule has 1 aromatic carbocycles. The molecule has 5 nitrogen and oxygen atoms in total. The number of amides is 1. The van der Waals surface area contributed by atoms with Crippen LogP contribution in [0.5, 0.6) is 0 Å². The van der Waals surface area contributed by atoms with Crippen molar-refractivity contribution in [1.29, 1.82) is 0 Å². The zero-order chi connectivity index (χ0) is 18.3. The maximum atomic E-state index is 12.4. The van der Waals surface area contributed by atoms with Gasteiger partial charge in [-0.05, 0) is 23.6 Å². The number of benzene rings is 1. The van der Waals surface area contributed by atoms with Crippen LogP contribution in [0.4, 0.5) is 5.69 Å². The number of sulfone groups is 1. The smallest absolute Gasteiger partial charge is 0.253 e. The van der Waals surface area contributed by atoms with Crippen molar-refractivity contribution >= 4 is 61.3 Å². The van der Waals surface area contributed by atoms with Gasteiger partial charge in [0.05, 0.1) is 34.7 Å². The van der Waals surface area contributed by atoms with E-state index in [1.54, 1.807) is 6.07 Å². The van der Waals surface area contributed by atoms with Crippen molar-refractivity contribution in [2.75, 3.05) is 16.4 Å². The Morgan fingerprint density at radius 1 is 1.23 bits per heavy atom. The van der Waals surface area contributed by atoms with Crippen LogP contribution in [0.15, 0.2) is 46.8 Å². The molecule has 9 heteroatoms. The van der Waals surface area contributed by atoms with Crippen LogP contribution in [-0.2, 0) is 21.1 Å². The second-order valence-electron chi connectivity index (χ2n) is 6.17. The summed E-state index contributed by atoms with van der Waals surface area (Å²) in [7, 11) is -3.10. The Bertz CT molecular complexity index is 973. The van der Waals surface area contributed by atoms with E-state index in [1.165, 1.54) is 23.1 Å². The van der Waals surface area contributed by atoms with Gasteiger partial charge < -0.3 is 4.90 Å². The monoisotopic (exact) mass is 426 g/mol. The molecule has 0 N–H and O–H groups in total. The zero-order valence-corrected chi connectivity index (χ0v) is 16.7. The number of halogens is 1. The van der Waals surface area contributed by atoms with E-state index in [0.717, 1.165) is 4.88 Å². The highest BCUT2D eigenvalue weighted by Gasteiger charge is 2.49. The molecule has 0 unspecified atom stereocenters. The predicted octanol–water partition coefficient (Wildman–Crippen LogP) is 3.25. The van der Waals surface area contributed by atoms with Gasteiger partial charge in [0.25, 0.3) is 5.91 Å². The molecule has 3 heterocycles. The lowest BCUT2D eigenvalue weighted by atomic mass is 10.2. The van der Waals surface area contributed by atoms with Crippen LogP contribution in [0.1, 0.15) is 4.88 Å². The third-order valence-corrected chi connectivity index (χ3v) is 8.71. The topological polar surface area (TPSA) is 66.8 Å². The predicted molar refractivity (Wildman–Crippen MR) is 108 cm³/mol. The first-order valence-electron chi connectivity index (χ1n) is 7.98. The average Bonchev–Trinajstić information content (AvgIpc) is 3.23. The Hall–Kier alpha value is -1.35. The molecule has 2 aliphatic heterocycles. The Balaban J connectivity index is 1.68. The molecule has 2 aromatic rings. The van der Waals surface area contributed by atoms with Crippen LogP contribution in [0, 0.1) is 0 Å². The fourth-order valence-electron chi connectivity index (χ4n) is 3.20. The lowest BCUT2D eigenvalue weighted by Crippen LogP contribution is -2.38. The SMILES string of the molecule is O=C(Cc1cccs1)N=C1S[C@@H]2CS(=O)(=O)C[C@H]2N1c1ccccc1Cl. The van der Waals surface area contributed by atoms with Crippen molar-refractivity contribution in [3.8, 4) is 0 Å². The first kappa shape index (κ1) is 18.0. The number of hydrogen-bond acceptors (Lipinski definition) is 5. The largest absolute Gasteiger partial charge is 0.314 e. The summed E-state index contributed by atoms with van der Waals surface area (Å²) >= 11 is 9.22. The molecule has 2 atom stereocenters. The van der Waals surface area contributed by atoms with Crippen LogP contribution < -0.4 is 4.90 Å². The molecule has 2 saturated heterocycles. The summed E-state index contributed by atoms with van der Waals surface area (Å²) < 4.78 is 24.1. The van der Waals surface area contributed by atoms with Crippen LogP contribution >= 0.6 is 34.7 Å². The van der Waals surface area contributed by atoms with Gasteiger partial charge in [-0.15, -0.1) is 11.3 Å². The van der Waals surface area contributed by atoms with Crippen LogP contribution in [0.2, 0.25) is 5.02 Å². The molecular formula is C17H15ClN2O3S3. The summed E-state index contributed by atoms with van der Waals surface area (Å²) in [5, 5.41) is 2.83. The van der Waals surface area contributed by atoms with Gasteiger partial charge in [-0.25, -0.2) is 8.42 Å². The molecular weight excluding hydrogens is 412 g/mol. The first-order chi connectivity index (χ1) is 12.4. The van der Waals surface area contributed by atoms with Crippen LogP contribution in [-0.4, -0.2) is 42.3 Å². The average molecular weight is 427 g/mol. The van der Waals surface area contributed by atoms with Gasteiger partial charge in [-0.2, -0.15) is 4.99 Å². The summed E-state index contributed by atoms with van der Waals surface area (Å²) in [5.74, 6) is -0.0926. The minimum absolute atomic E-state index is 0.0496. The van der Waals surface area contributed by atoms with Crippen molar-refractivity contribution in [3.63, 3.8) is 0 Å². The molecule has 1 aromatic heterocycles. The molecule has 4 rings (SSSR count). The maximum absolute atomic E-state index is 12.4. The number of carbonyl (C=O) groups excluding carboxylic acids is 1. The van der Waals surface area contributed by atoms with Gasteiger partial charge in [0.15, 0.2) is 15.0 Å². The summed E-state index contributed by atoms with van der Waals surface area (Å²) in [4.78, 5) is 19.5. The molecule has 0 radical (unpaired) electrons. The third kappa shape index (κ3) is 3.55. The number of thiophene rings is 1. The number of rotatable bonds is 3. The summed E-state index contributed by atoms with van der Waals surface area (Å²) in [6.07, 6.45) is 0.242. The van der Waals surface area contributed by atoms with Crippen molar-refractivity contribution in [2.45, 2.75) is 17.7 Å². The molecule has 26 heavy (non-hydrogen) atoms. The van der Waals surface area contributed by atoms with Gasteiger partial charge in [0, 0.05) is 10.1 Å². The first-order valence-corrected chi connectivity index (χ1v) is 11.9. The van der Waals surface area contributed by atoms with E-state index in [1.807, 2.05) is 40.6 Å². The molecule has 1 amide bonds. The van der Waals surface area contributed by atoms with Gasteiger partial charge in [0.1, 0.15) is 0 Å². The molecule has 2 aliphatic rings. The van der Waals surface area contributed by atoms with E-state index in [0.29, 0.717) is 15.9 Å². The fourth-order valence-corrected chi connectivity index (χ4v) is 8.05. The number of hydrogen-bond donors (Lipinski definition) is 0. The highest BCUT2D eigenvalue weighted by Crippen LogP contribution is 2.42. The highest BCUT2D eigenvalue weighted by molar-refractivity contribution is 8.16. The van der Waals surface area contributed by atoms with Crippen molar-refractivity contribution < 1.29 is 13.2 Å². The number of amidine groups is 1. The number of aliphatic imine (C=N–C) groups is 1. The zero-order valence-electron chi connectivity index (χ0n) is 13.5. The molecule has 0 aliphatic carbocycles. The normalized spacial score (nSPS) is 25.6. The van der Waals surface area contributed by atoms with E-state index >= 15 is 0 Å². The minimum atomic E-state index is -3.10. The molecule has 2 fully saturated rings. The van der Waals surface area contributed by atoms with Gasteiger partial charge in [-0.1, -0.05) is 41.6 Å². The van der Waals surface area contributed by atoms with Crippen LogP contribution in [0.3, 0.4) is 0 Å². The number of anilines is 1. The fraction of sp³-hybridized carbons (Fsp3) is 0.294. The number of para-hydroxylation sites is 1. The number of fused-ring (bicyclic) bond motifs is 1. The second kappa shape index (κ2) is 6.99. The van der Waals surface area contributed by atoms with Crippen molar-refractivity contribution in [3.05, 3.63) is 51.7 Å². The maximum Gasteiger partial charge on any atom is 0.253 e.